The molecule has 0 saturated carbocycles. The number of fused-ring (bicyclic) bond motifs is 1. The molecule has 2 heterocycles. The topological polar surface area (TPSA) is 99.9 Å². The van der Waals surface area contributed by atoms with Crippen molar-refractivity contribution < 1.29 is 23.4 Å². The summed E-state index contributed by atoms with van der Waals surface area (Å²) in [6, 6.07) is 5.48. The molecule has 0 bridgehead atoms. The summed E-state index contributed by atoms with van der Waals surface area (Å²) in [4.78, 5) is 30.5. The van der Waals surface area contributed by atoms with Crippen molar-refractivity contribution in [2.75, 3.05) is 26.1 Å². The molecule has 0 radical (unpaired) electrons. The van der Waals surface area contributed by atoms with Crippen molar-refractivity contribution in [3.63, 3.8) is 0 Å². The second-order valence-electron chi connectivity index (χ2n) is 8.00. The Bertz CT molecular complexity index is 1170. The van der Waals surface area contributed by atoms with Crippen molar-refractivity contribution in [2.24, 2.45) is 0 Å². The van der Waals surface area contributed by atoms with E-state index in [1.54, 1.807) is 39.3 Å². The minimum Gasteiger partial charge on any atom is -0.493 e. The lowest BCUT2D eigenvalue weighted by molar-refractivity contribution is 0.0477. The highest BCUT2D eigenvalue weighted by atomic mass is 32.1. The molecule has 3 rings (SSSR count). The molecule has 2 aromatic heterocycles. The molecule has 0 unspecified atom stereocenters. The summed E-state index contributed by atoms with van der Waals surface area (Å²) in [6.07, 6.45) is 7.02. The zero-order valence-electron chi connectivity index (χ0n) is 20.2. The van der Waals surface area contributed by atoms with Crippen LogP contribution in [0.2, 0.25) is 0 Å². The number of ether oxygens (including phenoxy) is 3. The van der Waals surface area contributed by atoms with Crippen LogP contribution in [0.25, 0.3) is 10.2 Å². The molecular formula is C25H32N2O6S. The third-order valence-electron chi connectivity index (χ3n) is 5.53. The van der Waals surface area contributed by atoms with Crippen LogP contribution in [0.3, 0.4) is 0 Å². The van der Waals surface area contributed by atoms with Crippen LogP contribution in [-0.4, -0.2) is 31.7 Å². The molecule has 0 spiro atoms. The van der Waals surface area contributed by atoms with Crippen LogP contribution in [0, 0.1) is 6.92 Å². The number of hydrogen-bond donors (Lipinski definition) is 1. The van der Waals surface area contributed by atoms with E-state index in [1.165, 1.54) is 25.7 Å². The van der Waals surface area contributed by atoms with Gasteiger partial charge >= 0.3 is 11.6 Å². The molecular weight excluding hydrogens is 456 g/mol. The molecule has 34 heavy (non-hydrogen) atoms. The van der Waals surface area contributed by atoms with E-state index in [-0.39, 0.29) is 12.6 Å². The van der Waals surface area contributed by atoms with Gasteiger partial charge in [0.1, 0.15) is 21.7 Å². The van der Waals surface area contributed by atoms with Crippen molar-refractivity contribution in [1.29, 1.82) is 0 Å². The van der Waals surface area contributed by atoms with Crippen LogP contribution in [0.1, 0.15) is 66.2 Å². The number of unbranched alkanes of at least 4 members (excludes halogenated alkanes) is 5. The van der Waals surface area contributed by atoms with E-state index in [9.17, 15) is 9.59 Å². The Morgan fingerprint density at radius 3 is 2.56 bits per heavy atom. The van der Waals surface area contributed by atoms with Crippen molar-refractivity contribution >= 4 is 33.5 Å². The van der Waals surface area contributed by atoms with Gasteiger partial charge in [0.05, 0.1) is 14.2 Å². The Morgan fingerprint density at radius 2 is 1.82 bits per heavy atom. The maximum absolute atomic E-state index is 12.8. The van der Waals surface area contributed by atoms with Crippen LogP contribution in [-0.2, 0) is 11.3 Å². The Labute approximate surface area is 203 Å². The molecule has 0 aliphatic rings. The molecule has 0 fully saturated rings. The van der Waals surface area contributed by atoms with Crippen molar-refractivity contribution in [3.8, 4) is 11.5 Å². The number of hydrogen-bond acceptors (Lipinski definition) is 9. The summed E-state index contributed by atoms with van der Waals surface area (Å²) in [5.41, 5.74) is 0.757. The van der Waals surface area contributed by atoms with Gasteiger partial charge in [0.25, 0.3) is 6.01 Å². The molecule has 3 aromatic rings. The van der Waals surface area contributed by atoms with Crippen LogP contribution in [0.5, 0.6) is 11.5 Å². The monoisotopic (exact) mass is 488 g/mol. The maximum Gasteiger partial charge on any atom is 0.349 e. The first-order valence-electron chi connectivity index (χ1n) is 11.5. The smallest absolute Gasteiger partial charge is 0.349 e. The summed E-state index contributed by atoms with van der Waals surface area (Å²) in [5, 5.41) is 3.40. The zero-order chi connectivity index (χ0) is 24.5. The first kappa shape index (κ1) is 25.6. The molecule has 0 aliphatic heterocycles. The molecule has 0 aliphatic carbocycles. The number of nitrogens with zero attached hydrogens (tertiary/aromatic N) is 1. The highest BCUT2D eigenvalue weighted by molar-refractivity contribution is 7.20. The Kier molecular flexibility index (Phi) is 9.33. The number of esters is 1. The number of thiophene rings is 1. The van der Waals surface area contributed by atoms with Gasteiger partial charge in [-0.3, -0.25) is 0 Å². The van der Waals surface area contributed by atoms with E-state index in [1.807, 2.05) is 0 Å². The van der Waals surface area contributed by atoms with Gasteiger partial charge in [0.15, 0.2) is 11.5 Å². The molecule has 184 valence electrons. The predicted molar refractivity (Wildman–Crippen MR) is 133 cm³/mol. The number of aryl methyl sites for hydroxylation is 1. The normalized spacial score (nSPS) is 10.9. The predicted octanol–water partition coefficient (Wildman–Crippen LogP) is 5.70. The molecule has 0 atom stereocenters. The standard InChI is InChI=1S/C25H32N2O6S/c1-5-6-7-8-9-10-13-26-25-27-22-20(23(28)33-25)16(2)21(34-22)24(29)32-15-17-11-12-18(30-3)19(14-17)31-4/h11-12,14H,5-10,13,15H2,1-4H3,(H,26,27). The molecule has 0 saturated heterocycles. The average molecular weight is 489 g/mol. The van der Waals surface area contributed by atoms with Crippen LogP contribution >= 0.6 is 11.3 Å². The van der Waals surface area contributed by atoms with Gasteiger partial charge < -0.3 is 23.9 Å². The number of carbonyl (C=O) groups is 1. The van der Waals surface area contributed by atoms with Gasteiger partial charge in [-0.05, 0) is 36.6 Å². The van der Waals surface area contributed by atoms with Crippen LogP contribution in [0.4, 0.5) is 6.01 Å². The van der Waals surface area contributed by atoms with Crippen molar-refractivity contribution in [1.82, 2.24) is 4.98 Å². The third kappa shape index (κ3) is 6.28. The third-order valence-corrected chi connectivity index (χ3v) is 6.70. The summed E-state index contributed by atoms with van der Waals surface area (Å²) in [5.74, 6) is 0.629. The SMILES string of the molecule is CCCCCCCCNc1nc2sc(C(=O)OCc3ccc(OC)c(OC)c3)c(C)c2c(=O)o1. The van der Waals surface area contributed by atoms with E-state index in [4.69, 9.17) is 18.6 Å². The minimum atomic E-state index is -0.517. The quantitative estimate of drug-likeness (QED) is 0.241. The number of nitrogens with one attached hydrogen (secondary N) is 1. The summed E-state index contributed by atoms with van der Waals surface area (Å²) < 4.78 is 21.3. The van der Waals surface area contributed by atoms with Gasteiger partial charge in [-0.2, -0.15) is 4.98 Å². The Morgan fingerprint density at radius 1 is 1.09 bits per heavy atom. The average Bonchev–Trinajstić information content (AvgIpc) is 3.18. The summed E-state index contributed by atoms with van der Waals surface area (Å²) in [7, 11) is 3.10. The van der Waals surface area contributed by atoms with Crippen molar-refractivity contribution in [2.45, 2.75) is 59.0 Å². The number of benzene rings is 1. The Hall–Kier alpha value is -3.07. The fourth-order valence-corrected chi connectivity index (χ4v) is 4.68. The number of aromatic nitrogens is 1. The summed E-state index contributed by atoms with van der Waals surface area (Å²) >= 11 is 1.13. The van der Waals surface area contributed by atoms with Gasteiger partial charge in [-0.1, -0.05) is 45.1 Å². The van der Waals surface area contributed by atoms with Crippen LogP contribution in [0.15, 0.2) is 27.4 Å². The summed E-state index contributed by atoms with van der Waals surface area (Å²) in [6.45, 7) is 4.63. The van der Waals surface area contributed by atoms with E-state index in [2.05, 4.69) is 17.2 Å². The lowest BCUT2D eigenvalue weighted by Crippen LogP contribution is -2.09. The van der Waals surface area contributed by atoms with Gasteiger partial charge in [-0.25, -0.2) is 9.59 Å². The van der Waals surface area contributed by atoms with Gasteiger partial charge in [0, 0.05) is 6.54 Å². The molecule has 1 N–H and O–H groups in total. The molecule has 1 aromatic carbocycles. The van der Waals surface area contributed by atoms with E-state index < -0.39 is 11.6 Å². The molecule has 9 heteroatoms. The maximum atomic E-state index is 12.8. The van der Waals surface area contributed by atoms with Gasteiger partial charge in [0.2, 0.25) is 0 Å². The number of methoxy groups -OCH3 is 2. The highest BCUT2D eigenvalue weighted by Gasteiger charge is 2.21. The highest BCUT2D eigenvalue weighted by Crippen LogP contribution is 2.30. The fourth-order valence-electron chi connectivity index (χ4n) is 3.63. The first-order valence-corrected chi connectivity index (χ1v) is 12.4. The van der Waals surface area contributed by atoms with E-state index >= 15 is 0 Å². The largest absolute Gasteiger partial charge is 0.493 e. The number of anilines is 1. The van der Waals surface area contributed by atoms with Gasteiger partial charge in [-0.15, -0.1) is 11.3 Å². The molecule has 8 nitrogen and oxygen atoms in total. The molecule has 0 amide bonds. The van der Waals surface area contributed by atoms with Crippen molar-refractivity contribution in [3.05, 3.63) is 44.6 Å². The zero-order valence-corrected chi connectivity index (χ0v) is 21.0. The lowest BCUT2D eigenvalue weighted by Gasteiger charge is -2.10. The van der Waals surface area contributed by atoms with Crippen LogP contribution < -0.4 is 20.4 Å². The first-order chi connectivity index (χ1) is 16.5. The number of carbonyl (C=O) groups excluding carboxylic acids is 1. The fraction of sp³-hybridized carbons (Fsp3) is 0.480. The van der Waals surface area contributed by atoms with E-state index in [0.717, 1.165) is 29.7 Å². The lowest BCUT2D eigenvalue weighted by atomic mass is 10.1. The minimum absolute atomic E-state index is 0.0555. The second kappa shape index (κ2) is 12.4. The number of rotatable bonds is 13. The second-order valence-corrected chi connectivity index (χ2v) is 9.00. The Balaban J connectivity index is 1.65. The van der Waals surface area contributed by atoms with E-state index in [0.29, 0.717) is 38.7 Å².